The monoisotopic (exact) mass is 279 g/mol. The van der Waals surface area contributed by atoms with Crippen LogP contribution in [-0.4, -0.2) is 58.1 Å². The van der Waals surface area contributed by atoms with Crippen molar-refractivity contribution in [2.24, 2.45) is 0 Å². The Labute approximate surface area is 120 Å². The van der Waals surface area contributed by atoms with Crippen LogP contribution in [0.1, 0.15) is 32.0 Å². The Kier molecular flexibility index (Phi) is 4.65. The van der Waals surface area contributed by atoms with E-state index in [0.29, 0.717) is 6.04 Å². The molecule has 1 aromatic heterocycles. The van der Waals surface area contributed by atoms with Gasteiger partial charge in [-0.15, -0.1) is 0 Å². The number of nitrogens with one attached hydrogen (secondary N) is 1. The van der Waals surface area contributed by atoms with E-state index >= 15 is 0 Å². The third kappa shape index (κ3) is 3.56. The molecule has 20 heavy (non-hydrogen) atoms. The molecule has 6 nitrogen and oxygen atoms in total. The van der Waals surface area contributed by atoms with Gasteiger partial charge in [-0.25, -0.2) is 9.67 Å². The van der Waals surface area contributed by atoms with Gasteiger partial charge in [0.2, 0.25) is 0 Å². The normalized spacial score (nSPS) is 24.1. The molecule has 3 rings (SSSR count). The van der Waals surface area contributed by atoms with Crippen molar-refractivity contribution in [1.82, 2.24) is 25.0 Å². The number of hydrogen-bond acceptors (Lipinski definition) is 5. The van der Waals surface area contributed by atoms with Crippen LogP contribution in [0.4, 0.5) is 0 Å². The Bertz CT molecular complexity index is 417. The predicted molar refractivity (Wildman–Crippen MR) is 76.4 cm³/mol. The Morgan fingerprint density at radius 2 is 2.35 bits per heavy atom. The second-order valence-electron chi connectivity index (χ2n) is 5.78. The second kappa shape index (κ2) is 6.65. The molecule has 0 spiro atoms. The molecule has 1 saturated heterocycles. The highest BCUT2D eigenvalue weighted by atomic mass is 16.5. The largest absolute Gasteiger partial charge is 0.378 e. The standard InChI is InChI=1S/C14H25N5O/c1-2-5-19-14(16-11-17-19)9-18-6-7-20-10-13(18)8-15-12-3-4-12/h11-13,15H,2-10H2,1H3. The molecule has 2 fully saturated rings. The summed E-state index contributed by atoms with van der Waals surface area (Å²) in [5.41, 5.74) is 0. The summed E-state index contributed by atoms with van der Waals surface area (Å²) in [5.74, 6) is 1.07. The molecule has 1 aliphatic carbocycles. The van der Waals surface area contributed by atoms with Gasteiger partial charge in [-0.3, -0.25) is 4.90 Å². The third-order valence-electron chi connectivity index (χ3n) is 4.04. The molecule has 0 aromatic carbocycles. The van der Waals surface area contributed by atoms with E-state index in [1.165, 1.54) is 12.8 Å². The number of nitrogens with zero attached hydrogens (tertiary/aromatic N) is 4. The fraction of sp³-hybridized carbons (Fsp3) is 0.857. The Morgan fingerprint density at radius 3 is 3.15 bits per heavy atom. The van der Waals surface area contributed by atoms with Crippen LogP contribution in [0, 0.1) is 0 Å². The molecule has 1 unspecified atom stereocenters. The third-order valence-corrected chi connectivity index (χ3v) is 4.04. The number of aromatic nitrogens is 3. The second-order valence-corrected chi connectivity index (χ2v) is 5.78. The van der Waals surface area contributed by atoms with Crippen molar-refractivity contribution in [2.75, 3.05) is 26.3 Å². The SMILES string of the molecule is CCCn1ncnc1CN1CCOCC1CNC1CC1. The maximum absolute atomic E-state index is 5.64. The number of morpholine rings is 1. The summed E-state index contributed by atoms with van der Waals surface area (Å²) in [4.78, 5) is 6.90. The summed E-state index contributed by atoms with van der Waals surface area (Å²) >= 11 is 0. The van der Waals surface area contributed by atoms with Crippen molar-refractivity contribution in [3.63, 3.8) is 0 Å². The van der Waals surface area contributed by atoms with Gasteiger partial charge >= 0.3 is 0 Å². The van der Waals surface area contributed by atoms with Crippen LogP contribution in [0.2, 0.25) is 0 Å². The van der Waals surface area contributed by atoms with E-state index in [2.05, 4.69) is 27.2 Å². The van der Waals surface area contributed by atoms with Gasteiger partial charge in [0.15, 0.2) is 0 Å². The average Bonchev–Trinajstić information content (AvgIpc) is 3.20. The first-order valence-electron chi connectivity index (χ1n) is 7.78. The van der Waals surface area contributed by atoms with E-state index in [-0.39, 0.29) is 0 Å². The molecule has 1 aliphatic heterocycles. The average molecular weight is 279 g/mol. The lowest BCUT2D eigenvalue weighted by Crippen LogP contribution is -2.50. The lowest BCUT2D eigenvalue weighted by molar-refractivity contribution is -0.0127. The number of ether oxygens (including phenoxy) is 1. The first-order chi connectivity index (χ1) is 9.86. The minimum Gasteiger partial charge on any atom is -0.378 e. The van der Waals surface area contributed by atoms with E-state index in [0.717, 1.165) is 57.7 Å². The molecule has 0 bridgehead atoms. The van der Waals surface area contributed by atoms with Gasteiger partial charge in [0.25, 0.3) is 0 Å². The molecule has 2 heterocycles. The molecule has 2 aliphatic rings. The lowest BCUT2D eigenvalue weighted by Gasteiger charge is -2.35. The minimum absolute atomic E-state index is 0.455. The molecule has 1 aromatic rings. The van der Waals surface area contributed by atoms with Crippen molar-refractivity contribution in [1.29, 1.82) is 0 Å². The molecule has 6 heteroatoms. The van der Waals surface area contributed by atoms with Crippen LogP contribution in [0.25, 0.3) is 0 Å². The van der Waals surface area contributed by atoms with Crippen molar-refractivity contribution in [3.8, 4) is 0 Å². The van der Waals surface area contributed by atoms with Gasteiger partial charge in [-0.05, 0) is 19.3 Å². The fourth-order valence-electron chi connectivity index (χ4n) is 2.67. The van der Waals surface area contributed by atoms with Crippen LogP contribution in [0.5, 0.6) is 0 Å². The van der Waals surface area contributed by atoms with Crippen LogP contribution < -0.4 is 5.32 Å². The zero-order valence-corrected chi connectivity index (χ0v) is 12.3. The summed E-state index contributed by atoms with van der Waals surface area (Å²) in [6.07, 6.45) is 5.42. The Hall–Kier alpha value is -0.980. The molecule has 1 atom stereocenters. The quantitative estimate of drug-likeness (QED) is 0.794. The topological polar surface area (TPSA) is 55.2 Å². The van der Waals surface area contributed by atoms with Gasteiger partial charge in [0, 0.05) is 31.7 Å². The molecular weight excluding hydrogens is 254 g/mol. The van der Waals surface area contributed by atoms with E-state index in [9.17, 15) is 0 Å². The van der Waals surface area contributed by atoms with Crippen molar-refractivity contribution in [3.05, 3.63) is 12.2 Å². The summed E-state index contributed by atoms with van der Waals surface area (Å²) in [7, 11) is 0. The zero-order chi connectivity index (χ0) is 13.8. The highest BCUT2D eigenvalue weighted by Crippen LogP contribution is 2.19. The van der Waals surface area contributed by atoms with E-state index in [1.807, 2.05) is 4.68 Å². The number of rotatable bonds is 7. The smallest absolute Gasteiger partial charge is 0.141 e. The first-order valence-corrected chi connectivity index (χ1v) is 7.78. The van der Waals surface area contributed by atoms with Crippen LogP contribution in [-0.2, 0) is 17.8 Å². The maximum atomic E-state index is 5.64. The van der Waals surface area contributed by atoms with E-state index in [4.69, 9.17) is 4.74 Å². The van der Waals surface area contributed by atoms with Gasteiger partial charge in [-0.1, -0.05) is 6.92 Å². The summed E-state index contributed by atoms with van der Waals surface area (Å²) in [5, 5.41) is 7.92. The highest BCUT2D eigenvalue weighted by Gasteiger charge is 2.27. The molecular formula is C14H25N5O. The number of hydrogen-bond donors (Lipinski definition) is 1. The molecule has 0 radical (unpaired) electrons. The molecule has 1 N–H and O–H groups in total. The van der Waals surface area contributed by atoms with Gasteiger partial charge < -0.3 is 10.1 Å². The Balaban J connectivity index is 1.58. The van der Waals surface area contributed by atoms with E-state index < -0.39 is 0 Å². The lowest BCUT2D eigenvalue weighted by atomic mass is 10.2. The van der Waals surface area contributed by atoms with E-state index in [1.54, 1.807) is 6.33 Å². The predicted octanol–water partition coefficient (Wildman–Crippen LogP) is 0.641. The summed E-state index contributed by atoms with van der Waals surface area (Å²) < 4.78 is 7.67. The maximum Gasteiger partial charge on any atom is 0.141 e. The van der Waals surface area contributed by atoms with Crippen LogP contribution in [0.15, 0.2) is 6.33 Å². The molecule has 1 saturated carbocycles. The van der Waals surface area contributed by atoms with Crippen molar-refractivity contribution < 1.29 is 4.74 Å². The fourth-order valence-corrected chi connectivity index (χ4v) is 2.67. The minimum atomic E-state index is 0.455. The van der Waals surface area contributed by atoms with Crippen LogP contribution in [0.3, 0.4) is 0 Å². The zero-order valence-electron chi connectivity index (χ0n) is 12.3. The van der Waals surface area contributed by atoms with Gasteiger partial charge in [0.05, 0.1) is 19.8 Å². The first kappa shape index (κ1) is 14.0. The molecule has 112 valence electrons. The molecule has 0 amide bonds. The summed E-state index contributed by atoms with van der Waals surface area (Å²) in [6, 6.07) is 1.21. The van der Waals surface area contributed by atoms with Crippen LogP contribution >= 0.6 is 0 Å². The van der Waals surface area contributed by atoms with Gasteiger partial charge in [-0.2, -0.15) is 5.10 Å². The van der Waals surface area contributed by atoms with Crippen molar-refractivity contribution in [2.45, 2.75) is 51.4 Å². The highest BCUT2D eigenvalue weighted by molar-refractivity contribution is 4.90. The summed E-state index contributed by atoms with van der Waals surface area (Å²) in [6.45, 7) is 7.64. The van der Waals surface area contributed by atoms with Crippen molar-refractivity contribution >= 4 is 0 Å². The Morgan fingerprint density at radius 1 is 1.45 bits per heavy atom. The van der Waals surface area contributed by atoms with Gasteiger partial charge in [0.1, 0.15) is 12.2 Å². The number of aryl methyl sites for hydroxylation is 1.